The molecule has 0 atom stereocenters. The fourth-order valence-corrected chi connectivity index (χ4v) is 1.80. The van der Waals surface area contributed by atoms with Crippen LogP contribution in [0, 0.1) is 17.0 Å². The van der Waals surface area contributed by atoms with Gasteiger partial charge in [-0.25, -0.2) is 0 Å². The molecule has 0 aliphatic carbocycles. The molecule has 0 aliphatic rings. The van der Waals surface area contributed by atoms with Crippen LogP contribution in [0.15, 0.2) is 42.5 Å². The van der Waals surface area contributed by atoms with E-state index in [-0.39, 0.29) is 11.3 Å². The van der Waals surface area contributed by atoms with Gasteiger partial charge in [0.25, 0.3) is 5.69 Å². The van der Waals surface area contributed by atoms with Crippen LogP contribution in [-0.4, -0.2) is 11.2 Å². The summed E-state index contributed by atoms with van der Waals surface area (Å²) in [6.45, 7) is 2.28. The molecule has 20 heavy (non-hydrogen) atoms. The third-order valence-electron chi connectivity index (χ3n) is 2.98. The minimum Gasteiger partial charge on any atom is -0.488 e. The first-order valence-electron chi connectivity index (χ1n) is 6.02. The smallest absolute Gasteiger partial charge is 0.270 e. The van der Waals surface area contributed by atoms with Gasteiger partial charge < -0.3 is 4.74 Å². The highest BCUT2D eigenvalue weighted by Gasteiger charge is 2.11. The van der Waals surface area contributed by atoms with Crippen molar-refractivity contribution in [2.24, 2.45) is 0 Å². The second-order valence-corrected chi connectivity index (χ2v) is 4.31. The van der Waals surface area contributed by atoms with E-state index in [0.717, 1.165) is 11.1 Å². The Morgan fingerprint density at radius 1 is 1.25 bits per heavy atom. The molecule has 0 aliphatic heterocycles. The van der Waals surface area contributed by atoms with E-state index in [4.69, 9.17) is 4.74 Å². The molecule has 0 fully saturated rings. The maximum absolute atomic E-state index is 11.0. The lowest BCUT2D eigenvalue weighted by Gasteiger charge is -2.10. The van der Waals surface area contributed by atoms with Crippen LogP contribution in [0.1, 0.15) is 21.5 Å². The molecule has 0 heterocycles. The number of carbonyl (C=O) groups excluding carboxylic acids is 1. The molecule has 2 aromatic carbocycles. The first-order chi connectivity index (χ1) is 9.61. The molecule has 2 aromatic rings. The number of ether oxygens (including phenoxy) is 1. The molecular formula is C15H13NO4. The third kappa shape index (κ3) is 3.00. The average Bonchev–Trinajstić information content (AvgIpc) is 2.46. The van der Waals surface area contributed by atoms with Gasteiger partial charge in [0, 0.05) is 12.1 Å². The zero-order valence-electron chi connectivity index (χ0n) is 10.9. The number of hydrogen-bond donors (Lipinski definition) is 0. The lowest BCUT2D eigenvalue weighted by Crippen LogP contribution is -2.00. The van der Waals surface area contributed by atoms with Crippen molar-refractivity contribution < 1.29 is 14.5 Å². The van der Waals surface area contributed by atoms with Crippen LogP contribution in [0.3, 0.4) is 0 Å². The lowest BCUT2D eigenvalue weighted by atomic mass is 10.1. The van der Waals surface area contributed by atoms with Gasteiger partial charge in [-0.1, -0.05) is 24.3 Å². The third-order valence-corrected chi connectivity index (χ3v) is 2.98. The monoisotopic (exact) mass is 271 g/mol. The van der Waals surface area contributed by atoms with E-state index in [2.05, 4.69) is 0 Å². The highest BCUT2D eigenvalue weighted by atomic mass is 16.6. The van der Waals surface area contributed by atoms with E-state index < -0.39 is 4.92 Å². The zero-order valence-corrected chi connectivity index (χ0v) is 10.9. The van der Waals surface area contributed by atoms with Crippen LogP contribution in [-0.2, 0) is 6.61 Å². The second-order valence-electron chi connectivity index (χ2n) is 4.31. The maximum Gasteiger partial charge on any atom is 0.270 e. The van der Waals surface area contributed by atoms with Crippen molar-refractivity contribution in [3.8, 4) is 5.75 Å². The molecule has 5 heteroatoms. The molecule has 0 N–H and O–H groups in total. The van der Waals surface area contributed by atoms with Crippen LogP contribution < -0.4 is 4.74 Å². The first kappa shape index (κ1) is 13.7. The summed E-state index contributed by atoms with van der Waals surface area (Å²) in [5.41, 5.74) is 2.13. The van der Waals surface area contributed by atoms with Gasteiger partial charge in [-0.3, -0.25) is 14.9 Å². The topological polar surface area (TPSA) is 69.4 Å². The number of non-ortho nitro benzene ring substituents is 1. The summed E-state index contributed by atoms with van der Waals surface area (Å²) in [6, 6.07) is 11.7. The fraction of sp³-hybridized carbons (Fsp3) is 0.133. The Morgan fingerprint density at radius 2 is 2.00 bits per heavy atom. The Labute approximate surface area is 116 Å². The van der Waals surface area contributed by atoms with Gasteiger partial charge in [-0.15, -0.1) is 0 Å². The molecule has 0 bridgehead atoms. The number of nitro benzene ring substituents is 1. The number of aryl methyl sites for hydroxylation is 1. The lowest BCUT2D eigenvalue weighted by molar-refractivity contribution is -0.384. The Balaban J connectivity index is 2.19. The molecule has 102 valence electrons. The molecule has 0 radical (unpaired) electrons. The number of rotatable bonds is 5. The average molecular weight is 271 g/mol. The van der Waals surface area contributed by atoms with Crippen molar-refractivity contribution in [1.29, 1.82) is 0 Å². The summed E-state index contributed by atoms with van der Waals surface area (Å²) in [7, 11) is 0. The normalized spacial score (nSPS) is 10.1. The Morgan fingerprint density at radius 3 is 2.65 bits per heavy atom. The van der Waals surface area contributed by atoms with E-state index in [9.17, 15) is 14.9 Å². The molecule has 0 saturated heterocycles. The minimum absolute atomic E-state index is 0.129. The van der Waals surface area contributed by atoms with Crippen molar-refractivity contribution in [2.75, 3.05) is 0 Å². The number of nitro groups is 1. The molecule has 0 saturated carbocycles. The Hall–Kier alpha value is -2.69. The number of hydrogen-bond acceptors (Lipinski definition) is 4. The van der Waals surface area contributed by atoms with Gasteiger partial charge in [0.1, 0.15) is 12.4 Å². The van der Waals surface area contributed by atoms with E-state index in [1.165, 1.54) is 18.2 Å². The van der Waals surface area contributed by atoms with E-state index in [1.54, 1.807) is 0 Å². The largest absolute Gasteiger partial charge is 0.488 e. The van der Waals surface area contributed by atoms with Gasteiger partial charge in [0.05, 0.1) is 10.5 Å². The SMILES string of the molecule is Cc1ccccc1COc1ccc([N+](=O)[O-])cc1C=O. The highest BCUT2D eigenvalue weighted by molar-refractivity contribution is 5.80. The summed E-state index contributed by atoms with van der Waals surface area (Å²) in [5.74, 6) is 0.342. The van der Waals surface area contributed by atoms with Crippen LogP contribution in [0.4, 0.5) is 5.69 Å². The van der Waals surface area contributed by atoms with Gasteiger partial charge >= 0.3 is 0 Å². The first-order valence-corrected chi connectivity index (χ1v) is 6.02. The van der Waals surface area contributed by atoms with E-state index in [0.29, 0.717) is 18.6 Å². The van der Waals surface area contributed by atoms with Crippen molar-refractivity contribution in [1.82, 2.24) is 0 Å². The van der Waals surface area contributed by atoms with Gasteiger partial charge in [-0.05, 0) is 24.1 Å². The predicted molar refractivity (Wildman–Crippen MR) is 74.0 cm³/mol. The molecule has 2 rings (SSSR count). The summed E-state index contributed by atoms with van der Waals surface area (Å²) >= 11 is 0. The number of aldehydes is 1. The van der Waals surface area contributed by atoms with Gasteiger partial charge in [0.15, 0.2) is 6.29 Å². The molecule has 0 unspecified atom stereocenters. The van der Waals surface area contributed by atoms with Crippen LogP contribution in [0.2, 0.25) is 0 Å². The summed E-state index contributed by atoms with van der Waals surface area (Å²) < 4.78 is 5.58. The summed E-state index contributed by atoms with van der Waals surface area (Å²) in [5, 5.41) is 10.7. The van der Waals surface area contributed by atoms with Crippen LogP contribution >= 0.6 is 0 Å². The van der Waals surface area contributed by atoms with E-state index >= 15 is 0 Å². The second kappa shape index (κ2) is 5.97. The van der Waals surface area contributed by atoms with E-state index in [1.807, 2.05) is 31.2 Å². The predicted octanol–water partition coefficient (Wildman–Crippen LogP) is 3.29. The van der Waals surface area contributed by atoms with Crippen molar-refractivity contribution in [3.05, 3.63) is 69.3 Å². The summed E-state index contributed by atoms with van der Waals surface area (Å²) in [4.78, 5) is 21.1. The van der Waals surface area contributed by atoms with Crippen molar-refractivity contribution in [3.63, 3.8) is 0 Å². The zero-order chi connectivity index (χ0) is 14.5. The molecule has 0 spiro atoms. The quantitative estimate of drug-likeness (QED) is 0.475. The Bertz CT molecular complexity index is 652. The Kier molecular flexibility index (Phi) is 4.10. The standard InChI is InChI=1S/C15H13NO4/c1-11-4-2-3-5-12(11)10-20-15-7-6-14(16(18)19)8-13(15)9-17/h2-9H,10H2,1H3. The van der Waals surface area contributed by atoms with Crippen LogP contribution in [0.25, 0.3) is 0 Å². The van der Waals surface area contributed by atoms with Crippen molar-refractivity contribution >= 4 is 12.0 Å². The number of nitrogens with zero attached hydrogens (tertiary/aromatic N) is 1. The molecular weight excluding hydrogens is 258 g/mol. The van der Waals surface area contributed by atoms with Gasteiger partial charge in [0.2, 0.25) is 0 Å². The molecule has 5 nitrogen and oxygen atoms in total. The maximum atomic E-state index is 11.0. The van der Waals surface area contributed by atoms with Crippen LogP contribution in [0.5, 0.6) is 5.75 Å². The van der Waals surface area contributed by atoms with Gasteiger partial charge in [-0.2, -0.15) is 0 Å². The highest BCUT2D eigenvalue weighted by Crippen LogP contribution is 2.24. The van der Waals surface area contributed by atoms with Crippen molar-refractivity contribution in [2.45, 2.75) is 13.5 Å². The minimum atomic E-state index is -0.544. The fourth-order valence-electron chi connectivity index (χ4n) is 1.80. The molecule has 0 amide bonds. The molecule has 0 aromatic heterocycles. The summed E-state index contributed by atoms with van der Waals surface area (Å²) in [6.07, 6.45) is 0.556. The number of benzene rings is 2. The number of carbonyl (C=O) groups is 1.